The number of hydrogen-bond acceptors (Lipinski definition) is 5. The van der Waals surface area contributed by atoms with E-state index in [2.05, 4.69) is 20.6 Å². The summed E-state index contributed by atoms with van der Waals surface area (Å²) in [4.78, 5) is 9.22. The number of guanidine groups is 1. The average Bonchev–Trinajstić information content (AvgIpc) is 2.66. The normalized spacial score (nSPS) is 11.7. The molecule has 0 unspecified atom stereocenters. The zero-order valence-corrected chi connectivity index (χ0v) is 21.0. The molecule has 0 bridgehead atoms. The Balaban J connectivity index is 0.00000450. The molecule has 0 saturated carbocycles. The molecule has 1 aromatic heterocycles. The summed E-state index contributed by atoms with van der Waals surface area (Å²) in [6.45, 7) is 7.90. The summed E-state index contributed by atoms with van der Waals surface area (Å²) in [6.07, 6.45) is 3.84. The fourth-order valence-electron chi connectivity index (χ4n) is 2.56. The predicted octanol–water partition coefficient (Wildman–Crippen LogP) is 3.19. The van der Waals surface area contributed by atoms with E-state index < -0.39 is 9.84 Å². The lowest BCUT2D eigenvalue weighted by Gasteiger charge is -2.12. The third kappa shape index (κ3) is 9.29. The highest BCUT2D eigenvalue weighted by Gasteiger charge is 2.06. The Labute approximate surface area is 196 Å². The van der Waals surface area contributed by atoms with Crippen molar-refractivity contribution in [3.63, 3.8) is 0 Å². The van der Waals surface area contributed by atoms with Gasteiger partial charge in [-0.1, -0.05) is 18.2 Å². The molecule has 2 N–H and O–H groups in total. The van der Waals surface area contributed by atoms with Crippen molar-refractivity contribution in [1.82, 2.24) is 15.6 Å². The Bertz CT molecular complexity index is 899. The van der Waals surface area contributed by atoms with E-state index in [9.17, 15) is 8.42 Å². The fourth-order valence-corrected chi connectivity index (χ4v) is 3.19. The summed E-state index contributed by atoms with van der Waals surface area (Å²) in [6, 6.07) is 10.8. The number of nitrogens with zero attached hydrogens (tertiary/aromatic N) is 2. The summed E-state index contributed by atoms with van der Waals surface area (Å²) in [5.74, 6) is 1.34. The van der Waals surface area contributed by atoms with Gasteiger partial charge < -0.3 is 15.4 Å². The molecule has 2 rings (SSSR count). The summed E-state index contributed by atoms with van der Waals surface area (Å²) in [5.41, 5.74) is 2.06. The summed E-state index contributed by atoms with van der Waals surface area (Å²) in [7, 11) is -3.16. The first kappa shape index (κ1) is 26.2. The van der Waals surface area contributed by atoms with Crippen molar-refractivity contribution in [3.05, 3.63) is 53.7 Å². The van der Waals surface area contributed by atoms with Crippen molar-refractivity contribution >= 4 is 39.8 Å². The second-order valence-electron chi connectivity index (χ2n) is 6.96. The molecule has 0 aliphatic heterocycles. The van der Waals surface area contributed by atoms with Gasteiger partial charge in [-0.25, -0.2) is 18.4 Å². The van der Waals surface area contributed by atoms with E-state index in [0.717, 1.165) is 30.1 Å². The topological polar surface area (TPSA) is 92.7 Å². The lowest BCUT2D eigenvalue weighted by Crippen LogP contribution is -2.38. The summed E-state index contributed by atoms with van der Waals surface area (Å²) < 4.78 is 28.6. The molecule has 30 heavy (non-hydrogen) atoms. The van der Waals surface area contributed by atoms with Crippen molar-refractivity contribution in [2.24, 2.45) is 4.99 Å². The van der Waals surface area contributed by atoms with E-state index >= 15 is 0 Å². The van der Waals surface area contributed by atoms with E-state index in [1.807, 2.05) is 45.0 Å². The highest BCUT2D eigenvalue weighted by atomic mass is 127. The number of benzene rings is 1. The molecule has 7 nitrogen and oxygen atoms in total. The van der Waals surface area contributed by atoms with Gasteiger partial charge in [-0.05, 0) is 50.5 Å². The zero-order valence-electron chi connectivity index (χ0n) is 17.9. The van der Waals surface area contributed by atoms with Crippen LogP contribution in [0.15, 0.2) is 52.5 Å². The van der Waals surface area contributed by atoms with Gasteiger partial charge in [0.15, 0.2) is 15.8 Å². The van der Waals surface area contributed by atoms with Crippen LogP contribution in [0.4, 0.5) is 0 Å². The highest BCUT2D eigenvalue weighted by Crippen LogP contribution is 2.11. The van der Waals surface area contributed by atoms with E-state index in [1.54, 1.807) is 18.3 Å². The number of pyridine rings is 1. The number of aliphatic imine (C=N–C) groups is 1. The van der Waals surface area contributed by atoms with Gasteiger partial charge in [0.2, 0.25) is 5.88 Å². The van der Waals surface area contributed by atoms with E-state index in [0.29, 0.717) is 23.9 Å². The maximum atomic E-state index is 11.5. The van der Waals surface area contributed by atoms with Gasteiger partial charge in [-0.15, -0.1) is 24.0 Å². The Morgan fingerprint density at radius 1 is 1.10 bits per heavy atom. The average molecular weight is 546 g/mol. The minimum Gasteiger partial charge on any atom is -0.475 e. The van der Waals surface area contributed by atoms with Gasteiger partial charge in [0.25, 0.3) is 0 Å². The Hall–Kier alpha value is -1.88. The van der Waals surface area contributed by atoms with Gasteiger partial charge in [-0.3, -0.25) is 0 Å². The first-order valence-corrected chi connectivity index (χ1v) is 11.6. The van der Waals surface area contributed by atoms with Crippen LogP contribution in [0.5, 0.6) is 5.88 Å². The molecule has 0 spiro atoms. The number of hydrogen-bond donors (Lipinski definition) is 2. The van der Waals surface area contributed by atoms with E-state index in [1.165, 1.54) is 6.26 Å². The van der Waals surface area contributed by atoms with Crippen molar-refractivity contribution in [1.29, 1.82) is 0 Å². The first-order valence-electron chi connectivity index (χ1n) is 9.70. The smallest absolute Gasteiger partial charge is 0.213 e. The Morgan fingerprint density at radius 3 is 2.30 bits per heavy atom. The number of rotatable bonds is 9. The second kappa shape index (κ2) is 12.7. The highest BCUT2D eigenvalue weighted by molar-refractivity contribution is 14.0. The number of aromatic nitrogens is 1. The molecular formula is C21H31IN4O3S. The summed E-state index contributed by atoms with van der Waals surface area (Å²) >= 11 is 0. The predicted molar refractivity (Wildman–Crippen MR) is 131 cm³/mol. The molecule has 1 aromatic carbocycles. The molecule has 0 radical (unpaired) electrons. The molecule has 0 amide bonds. The van der Waals surface area contributed by atoms with Crippen LogP contribution in [-0.2, 0) is 22.8 Å². The molecule has 9 heteroatoms. The lowest BCUT2D eigenvalue weighted by molar-refractivity contribution is 0.232. The van der Waals surface area contributed by atoms with Crippen molar-refractivity contribution in [2.45, 2.75) is 44.7 Å². The van der Waals surface area contributed by atoms with Crippen LogP contribution in [0.25, 0.3) is 0 Å². The van der Waals surface area contributed by atoms with E-state index in [4.69, 9.17) is 4.74 Å². The standard InChI is InChI=1S/C21H30N4O3S.HI/c1-5-22-21(25-15-18-8-11-20(24-14-18)28-16(2)3)23-13-12-17-6-9-19(10-7-17)29(4,26)27;/h6-11,14,16H,5,12-13,15H2,1-4H3,(H2,22,23,25);1H. The van der Waals surface area contributed by atoms with Crippen molar-refractivity contribution in [2.75, 3.05) is 19.3 Å². The second-order valence-corrected chi connectivity index (χ2v) is 8.98. The van der Waals surface area contributed by atoms with Gasteiger partial charge in [-0.2, -0.15) is 0 Å². The monoisotopic (exact) mass is 546 g/mol. The molecule has 2 aromatic rings. The van der Waals surface area contributed by atoms with Gasteiger partial charge in [0.05, 0.1) is 17.5 Å². The molecule has 166 valence electrons. The molecule has 0 fully saturated rings. The minimum absolute atomic E-state index is 0. The van der Waals surface area contributed by atoms with Gasteiger partial charge in [0.1, 0.15) is 0 Å². The number of sulfone groups is 1. The van der Waals surface area contributed by atoms with Crippen LogP contribution in [0.2, 0.25) is 0 Å². The van der Waals surface area contributed by atoms with Gasteiger partial charge in [0, 0.05) is 31.6 Å². The lowest BCUT2D eigenvalue weighted by atomic mass is 10.1. The molecule has 0 atom stereocenters. The Morgan fingerprint density at radius 2 is 1.77 bits per heavy atom. The van der Waals surface area contributed by atoms with Gasteiger partial charge >= 0.3 is 0 Å². The van der Waals surface area contributed by atoms with Crippen LogP contribution in [-0.4, -0.2) is 44.8 Å². The maximum Gasteiger partial charge on any atom is 0.213 e. The third-order valence-electron chi connectivity index (χ3n) is 3.98. The molecule has 0 aliphatic rings. The summed E-state index contributed by atoms with van der Waals surface area (Å²) in [5, 5.41) is 6.52. The maximum absolute atomic E-state index is 11.5. The van der Waals surface area contributed by atoms with Crippen LogP contribution in [0, 0.1) is 0 Å². The Kier molecular flexibility index (Phi) is 11.1. The van der Waals surface area contributed by atoms with Crippen LogP contribution < -0.4 is 15.4 Å². The van der Waals surface area contributed by atoms with Crippen LogP contribution in [0.3, 0.4) is 0 Å². The zero-order chi connectivity index (χ0) is 21.3. The fraction of sp³-hybridized carbons (Fsp3) is 0.429. The number of nitrogens with one attached hydrogen (secondary N) is 2. The van der Waals surface area contributed by atoms with Crippen LogP contribution >= 0.6 is 24.0 Å². The third-order valence-corrected chi connectivity index (χ3v) is 5.10. The SMILES string of the molecule is CCNC(=NCc1ccc(OC(C)C)nc1)NCCc1ccc(S(C)(=O)=O)cc1.I. The molecular weight excluding hydrogens is 515 g/mol. The molecule has 1 heterocycles. The first-order chi connectivity index (χ1) is 13.8. The molecule has 0 aliphatic carbocycles. The van der Waals surface area contributed by atoms with Crippen LogP contribution in [0.1, 0.15) is 31.9 Å². The van der Waals surface area contributed by atoms with E-state index in [-0.39, 0.29) is 30.1 Å². The van der Waals surface area contributed by atoms with Crippen molar-refractivity contribution < 1.29 is 13.2 Å². The largest absolute Gasteiger partial charge is 0.475 e. The van der Waals surface area contributed by atoms with Crippen molar-refractivity contribution in [3.8, 4) is 5.88 Å². The quantitative estimate of drug-likeness (QED) is 0.285. The minimum atomic E-state index is -3.16. The molecule has 0 saturated heterocycles. The number of halogens is 1. The number of ether oxygens (including phenoxy) is 1.